The summed E-state index contributed by atoms with van der Waals surface area (Å²) in [5.74, 6) is -0.946. The number of fused-ring (bicyclic) bond motifs is 1. The minimum Gasteiger partial charge on any atom is -0.322 e. The fourth-order valence-electron chi connectivity index (χ4n) is 3.31. The molecule has 0 radical (unpaired) electrons. The Balaban J connectivity index is 1.45. The second kappa shape index (κ2) is 9.58. The van der Waals surface area contributed by atoms with Crippen molar-refractivity contribution in [3.05, 3.63) is 108 Å². The van der Waals surface area contributed by atoms with Crippen LogP contribution in [0.3, 0.4) is 0 Å². The van der Waals surface area contributed by atoms with Crippen LogP contribution in [-0.4, -0.2) is 16.8 Å². The van der Waals surface area contributed by atoms with Crippen LogP contribution >= 0.6 is 0 Å². The van der Waals surface area contributed by atoms with E-state index >= 15 is 0 Å². The molecule has 1 aromatic heterocycles. The predicted octanol–water partition coefficient (Wildman–Crippen LogP) is 6.16. The van der Waals surface area contributed by atoms with E-state index in [4.69, 9.17) is 0 Å². The standard InChI is InChI=1S/C26H18F3N3O2/c27-26(28,29)20-9-3-10-21(16-20)31-25(34)19-7-1-5-17(15-19)12-13-23(33)32-22-11-2-6-18-8-4-14-30-24(18)22/h1-16H,(H,31,34)(H,32,33)/b13-12+. The summed E-state index contributed by atoms with van der Waals surface area (Å²) in [4.78, 5) is 29.2. The Morgan fingerprint density at radius 2 is 1.62 bits per heavy atom. The highest BCUT2D eigenvalue weighted by atomic mass is 19.4. The van der Waals surface area contributed by atoms with Gasteiger partial charge in [0.15, 0.2) is 0 Å². The molecule has 0 bridgehead atoms. The number of carbonyl (C=O) groups excluding carboxylic acids is 2. The van der Waals surface area contributed by atoms with Gasteiger partial charge < -0.3 is 10.6 Å². The van der Waals surface area contributed by atoms with Crippen LogP contribution in [-0.2, 0) is 11.0 Å². The lowest BCUT2D eigenvalue weighted by Gasteiger charge is -2.10. The summed E-state index contributed by atoms with van der Waals surface area (Å²) in [6, 6.07) is 19.9. The van der Waals surface area contributed by atoms with Gasteiger partial charge in [-0.1, -0.05) is 36.4 Å². The van der Waals surface area contributed by atoms with Crippen LogP contribution in [0.2, 0.25) is 0 Å². The van der Waals surface area contributed by atoms with Gasteiger partial charge in [0.2, 0.25) is 5.91 Å². The number of nitrogens with zero attached hydrogens (tertiary/aromatic N) is 1. The van der Waals surface area contributed by atoms with E-state index in [-0.39, 0.29) is 17.2 Å². The molecule has 170 valence electrons. The molecule has 34 heavy (non-hydrogen) atoms. The molecule has 1 heterocycles. The minimum absolute atomic E-state index is 0.0313. The molecule has 8 heteroatoms. The van der Waals surface area contributed by atoms with Crippen molar-refractivity contribution in [3.63, 3.8) is 0 Å². The van der Waals surface area contributed by atoms with E-state index in [0.29, 0.717) is 16.8 Å². The van der Waals surface area contributed by atoms with Gasteiger partial charge in [-0.05, 0) is 54.1 Å². The molecule has 0 aliphatic rings. The lowest BCUT2D eigenvalue weighted by molar-refractivity contribution is -0.137. The van der Waals surface area contributed by atoms with Crippen LogP contribution < -0.4 is 10.6 Å². The Morgan fingerprint density at radius 1 is 0.853 bits per heavy atom. The van der Waals surface area contributed by atoms with Crippen LogP contribution in [0, 0.1) is 0 Å². The highest BCUT2D eigenvalue weighted by molar-refractivity contribution is 6.07. The number of aromatic nitrogens is 1. The molecule has 0 atom stereocenters. The molecule has 2 N–H and O–H groups in total. The Morgan fingerprint density at radius 3 is 2.44 bits per heavy atom. The van der Waals surface area contributed by atoms with Crippen molar-refractivity contribution in [2.24, 2.45) is 0 Å². The molecule has 0 unspecified atom stereocenters. The van der Waals surface area contributed by atoms with Crippen molar-refractivity contribution in [1.82, 2.24) is 4.98 Å². The zero-order valence-electron chi connectivity index (χ0n) is 17.6. The van der Waals surface area contributed by atoms with Crippen LogP contribution in [0.15, 0.2) is 91.1 Å². The molecule has 0 fully saturated rings. The SMILES string of the molecule is O=C(/C=C/c1cccc(C(=O)Nc2cccc(C(F)(F)F)c2)c1)Nc1cccc2cccnc12. The lowest BCUT2D eigenvalue weighted by Crippen LogP contribution is -2.13. The quantitative estimate of drug-likeness (QED) is 0.350. The number of carbonyl (C=O) groups is 2. The summed E-state index contributed by atoms with van der Waals surface area (Å²) in [5, 5.41) is 6.14. The fourth-order valence-corrected chi connectivity index (χ4v) is 3.31. The summed E-state index contributed by atoms with van der Waals surface area (Å²) in [5.41, 5.74) is 1.22. The maximum Gasteiger partial charge on any atom is 0.416 e. The molecule has 3 aromatic carbocycles. The normalized spacial score (nSPS) is 11.5. The molecule has 0 saturated carbocycles. The van der Waals surface area contributed by atoms with Crippen LogP contribution in [0.1, 0.15) is 21.5 Å². The summed E-state index contributed by atoms with van der Waals surface area (Å²) in [6.07, 6.45) is -0.00158. The number of nitrogens with one attached hydrogen (secondary N) is 2. The molecule has 4 aromatic rings. The van der Waals surface area contributed by atoms with Gasteiger partial charge in [-0.2, -0.15) is 13.2 Å². The molecule has 0 aliphatic carbocycles. The Kier molecular flexibility index (Phi) is 6.40. The smallest absolute Gasteiger partial charge is 0.322 e. The Bertz CT molecular complexity index is 1390. The van der Waals surface area contributed by atoms with Crippen molar-refractivity contribution in [2.45, 2.75) is 6.18 Å². The van der Waals surface area contributed by atoms with Gasteiger partial charge >= 0.3 is 6.18 Å². The van der Waals surface area contributed by atoms with Gasteiger partial charge in [0.05, 0.1) is 16.8 Å². The summed E-state index contributed by atoms with van der Waals surface area (Å²) >= 11 is 0. The van der Waals surface area contributed by atoms with Crippen molar-refractivity contribution < 1.29 is 22.8 Å². The third kappa shape index (κ3) is 5.47. The van der Waals surface area contributed by atoms with E-state index in [1.807, 2.05) is 24.3 Å². The van der Waals surface area contributed by atoms with E-state index < -0.39 is 17.6 Å². The minimum atomic E-state index is -4.51. The number of halogens is 3. The van der Waals surface area contributed by atoms with Crippen molar-refractivity contribution in [3.8, 4) is 0 Å². The maximum absolute atomic E-state index is 12.9. The van der Waals surface area contributed by atoms with Gasteiger partial charge in [-0.25, -0.2) is 0 Å². The zero-order chi connectivity index (χ0) is 24.1. The second-order valence-corrected chi connectivity index (χ2v) is 7.36. The van der Waals surface area contributed by atoms with E-state index in [1.54, 1.807) is 24.4 Å². The van der Waals surface area contributed by atoms with Crippen LogP contribution in [0.4, 0.5) is 24.5 Å². The zero-order valence-corrected chi connectivity index (χ0v) is 17.6. The second-order valence-electron chi connectivity index (χ2n) is 7.36. The molecule has 2 amide bonds. The van der Waals surface area contributed by atoms with Gasteiger partial charge in [0.25, 0.3) is 5.91 Å². The van der Waals surface area contributed by atoms with Gasteiger partial charge in [0.1, 0.15) is 0 Å². The first-order chi connectivity index (χ1) is 16.3. The third-order valence-corrected chi connectivity index (χ3v) is 4.91. The molecular weight excluding hydrogens is 443 g/mol. The maximum atomic E-state index is 12.9. The number of hydrogen-bond acceptors (Lipinski definition) is 3. The van der Waals surface area contributed by atoms with Crippen molar-refractivity contribution in [2.75, 3.05) is 10.6 Å². The molecule has 0 saturated heterocycles. The van der Waals surface area contributed by atoms with Gasteiger partial charge in [-0.3, -0.25) is 14.6 Å². The fraction of sp³-hybridized carbons (Fsp3) is 0.0385. The number of alkyl halides is 3. The highest BCUT2D eigenvalue weighted by Gasteiger charge is 2.30. The Labute approximate surface area is 193 Å². The monoisotopic (exact) mass is 461 g/mol. The van der Waals surface area contributed by atoms with E-state index in [2.05, 4.69) is 15.6 Å². The topological polar surface area (TPSA) is 71.1 Å². The number of para-hydroxylation sites is 1. The number of pyridine rings is 1. The first kappa shape index (κ1) is 22.7. The van der Waals surface area contributed by atoms with Crippen LogP contribution in [0.5, 0.6) is 0 Å². The van der Waals surface area contributed by atoms with E-state index in [0.717, 1.165) is 17.5 Å². The molecule has 0 spiro atoms. The van der Waals surface area contributed by atoms with E-state index in [9.17, 15) is 22.8 Å². The average molecular weight is 461 g/mol. The van der Waals surface area contributed by atoms with Crippen molar-refractivity contribution in [1.29, 1.82) is 0 Å². The summed E-state index contributed by atoms with van der Waals surface area (Å²) in [7, 11) is 0. The molecule has 5 nitrogen and oxygen atoms in total. The number of benzene rings is 3. The van der Waals surface area contributed by atoms with Gasteiger partial charge in [0, 0.05) is 28.9 Å². The first-order valence-corrected chi connectivity index (χ1v) is 10.2. The molecule has 0 aliphatic heterocycles. The first-order valence-electron chi connectivity index (χ1n) is 10.2. The van der Waals surface area contributed by atoms with E-state index in [1.165, 1.54) is 36.4 Å². The third-order valence-electron chi connectivity index (χ3n) is 4.91. The number of rotatable bonds is 5. The van der Waals surface area contributed by atoms with Gasteiger partial charge in [-0.15, -0.1) is 0 Å². The summed E-state index contributed by atoms with van der Waals surface area (Å²) in [6.45, 7) is 0. The number of hydrogen-bond donors (Lipinski definition) is 2. The van der Waals surface area contributed by atoms with Crippen LogP contribution in [0.25, 0.3) is 17.0 Å². The highest BCUT2D eigenvalue weighted by Crippen LogP contribution is 2.30. The molecular formula is C26H18F3N3O2. The largest absolute Gasteiger partial charge is 0.416 e. The lowest BCUT2D eigenvalue weighted by atomic mass is 10.1. The van der Waals surface area contributed by atoms with Crippen molar-refractivity contribution >= 4 is 40.2 Å². The average Bonchev–Trinajstić information content (AvgIpc) is 2.83. The predicted molar refractivity (Wildman–Crippen MR) is 125 cm³/mol. The molecule has 4 rings (SSSR count). The number of anilines is 2. The summed E-state index contributed by atoms with van der Waals surface area (Å²) < 4.78 is 38.7. The Hall–Kier alpha value is -4.46. The number of amides is 2.